The number of para-hydroxylation sites is 1. The third kappa shape index (κ3) is 3.80. The number of carbonyl (C=O) groups is 3. The molecule has 1 fully saturated rings. The van der Waals surface area contributed by atoms with Gasteiger partial charge in [0, 0.05) is 27.5 Å². The van der Waals surface area contributed by atoms with Crippen LogP contribution in [0, 0.1) is 5.92 Å². The Bertz CT molecular complexity index is 1760. The second-order valence-corrected chi connectivity index (χ2v) is 11.7. The number of anilines is 2. The number of nitrogens with one attached hydrogen (secondary N) is 1. The zero-order valence-corrected chi connectivity index (χ0v) is 23.8. The summed E-state index contributed by atoms with van der Waals surface area (Å²) in [6.07, 6.45) is 5.82. The van der Waals surface area contributed by atoms with Crippen LogP contribution in [0.4, 0.5) is 11.4 Å². The molecule has 0 unspecified atom stereocenters. The largest absolute Gasteiger partial charge is 0.352 e. The van der Waals surface area contributed by atoms with Crippen LogP contribution in [-0.2, 0) is 16.6 Å². The van der Waals surface area contributed by atoms with Gasteiger partial charge >= 0.3 is 0 Å². The molecule has 3 heterocycles. The summed E-state index contributed by atoms with van der Waals surface area (Å²) in [7, 11) is 0. The Morgan fingerprint density at radius 3 is 2.36 bits per heavy atom. The molecule has 0 saturated carbocycles. The molecule has 6 heteroatoms. The van der Waals surface area contributed by atoms with E-state index >= 15 is 0 Å². The molecule has 42 heavy (non-hydrogen) atoms. The van der Waals surface area contributed by atoms with Crippen molar-refractivity contribution in [3.8, 4) is 0 Å². The van der Waals surface area contributed by atoms with E-state index < -0.39 is 23.4 Å². The lowest BCUT2D eigenvalue weighted by Gasteiger charge is -2.37. The summed E-state index contributed by atoms with van der Waals surface area (Å²) in [5.74, 6) is -1.70. The molecule has 0 radical (unpaired) electrons. The van der Waals surface area contributed by atoms with Crippen molar-refractivity contribution < 1.29 is 14.4 Å². The van der Waals surface area contributed by atoms with E-state index in [1.807, 2.05) is 95.9 Å². The van der Waals surface area contributed by atoms with Gasteiger partial charge in [0.05, 0.1) is 12.0 Å². The van der Waals surface area contributed by atoms with Gasteiger partial charge in [0.25, 0.3) is 0 Å². The zero-order chi connectivity index (χ0) is 29.0. The van der Waals surface area contributed by atoms with Gasteiger partial charge in [-0.25, -0.2) is 0 Å². The van der Waals surface area contributed by atoms with Gasteiger partial charge < -0.3 is 10.2 Å². The highest BCUT2D eigenvalue weighted by atomic mass is 35.5. The highest BCUT2D eigenvalue weighted by Crippen LogP contribution is 2.58. The number of aryl methyl sites for hydroxylation is 1. The van der Waals surface area contributed by atoms with Crippen LogP contribution in [-0.4, -0.2) is 29.6 Å². The number of hydrogen-bond acceptors (Lipinski definition) is 4. The lowest BCUT2D eigenvalue weighted by molar-refractivity contribution is -0.121. The van der Waals surface area contributed by atoms with Gasteiger partial charge in [0.1, 0.15) is 11.5 Å². The van der Waals surface area contributed by atoms with Gasteiger partial charge in [0.2, 0.25) is 5.91 Å². The molecule has 0 aliphatic carbocycles. The minimum absolute atomic E-state index is 0.202. The van der Waals surface area contributed by atoms with Gasteiger partial charge in [-0.15, -0.1) is 0 Å². The number of benzene rings is 4. The number of nitrogens with zero attached hydrogens (tertiary/aromatic N) is 1. The van der Waals surface area contributed by atoms with Crippen LogP contribution < -0.4 is 10.2 Å². The fourth-order valence-electron chi connectivity index (χ4n) is 7.23. The molecular weight excluding hydrogens is 544 g/mol. The molecule has 1 amide bonds. The summed E-state index contributed by atoms with van der Waals surface area (Å²) in [4.78, 5) is 45.9. The van der Waals surface area contributed by atoms with Crippen LogP contribution in [0.5, 0.6) is 0 Å². The van der Waals surface area contributed by atoms with Crippen LogP contribution in [0.3, 0.4) is 0 Å². The lowest BCUT2D eigenvalue weighted by Crippen LogP contribution is -2.51. The van der Waals surface area contributed by atoms with E-state index in [4.69, 9.17) is 11.6 Å². The minimum atomic E-state index is -1.33. The van der Waals surface area contributed by atoms with Crippen LogP contribution in [0.1, 0.15) is 50.8 Å². The Labute approximate surface area is 249 Å². The first kappa shape index (κ1) is 26.4. The number of fused-ring (bicyclic) bond motifs is 6. The van der Waals surface area contributed by atoms with E-state index in [1.165, 1.54) is 0 Å². The standard InChI is InChI=1S/C36H29ClN2O3/c1-2-8-22-13-15-24(16-14-22)33(40)31-32(34(41)23-9-4-3-5-10-23)39-29-19-18-26(37)21-25(29)17-20-30(39)36(31)27-11-6-7-12-28(27)38-35(36)42/h3-7,9-21,30-32H,2,8H2,1H3,(H,38,42)/t30-,31+,32-,36+/m1/s1. The first-order valence-electron chi connectivity index (χ1n) is 14.3. The van der Waals surface area contributed by atoms with Gasteiger partial charge in [-0.3, -0.25) is 14.4 Å². The molecule has 4 atom stereocenters. The second-order valence-electron chi connectivity index (χ2n) is 11.2. The maximum absolute atomic E-state index is 14.9. The molecule has 0 bridgehead atoms. The summed E-state index contributed by atoms with van der Waals surface area (Å²) in [6.45, 7) is 2.12. The maximum Gasteiger partial charge on any atom is 0.238 e. The highest BCUT2D eigenvalue weighted by molar-refractivity contribution is 6.31. The van der Waals surface area contributed by atoms with Crippen molar-refractivity contribution in [2.24, 2.45) is 5.92 Å². The number of halogens is 1. The predicted octanol–water partition coefficient (Wildman–Crippen LogP) is 7.15. The Hall–Kier alpha value is -4.48. The topological polar surface area (TPSA) is 66.5 Å². The SMILES string of the molecule is CCCc1ccc(C(=O)[C@@H]2[C@H](C(=O)c3ccccc3)N3c4ccc(Cl)cc4C=C[C@@H]3[C@]23C(=O)Nc2ccccc23)cc1. The lowest BCUT2D eigenvalue weighted by atomic mass is 9.64. The molecular formula is C36H29ClN2O3. The fraction of sp³-hybridized carbons (Fsp3) is 0.194. The minimum Gasteiger partial charge on any atom is -0.352 e. The van der Waals surface area contributed by atoms with E-state index in [1.54, 1.807) is 18.2 Å². The van der Waals surface area contributed by atoms with Crippen molar-refractivity contribution in [1.29, 1.82) is 0 Å². The number of ketones is 2. The van der Waals surface area contributed by atoms with Crippen molar-refractivity contribution in [3.63, 3.8) is 0 Å². The van der Waals surface area contributed by atoms with Crippen molar-refractivity contribution >= 4 is 46.5 Å². The van der Waals surface area contributed by atoms with Crippen molar-refractivity contribution in [1.82, 2.24) is 0 Å². The monoisotopic (exact) mass is 572 g/mol. The molecule has 5 nitrogen and oxygen atoms in total. The van der Waals surface area contributed by atoms with Gasteiger partial charge in [-0.05, 0) is 47.4 Å². The molecule has 7 rings (SSSR count). The summed E-state index contributed by atoms with van der Waals surface area (Å²) >= 11 is 6.38. The van der Waals surface area contributed by atoms with E-state index in [0.717, 1.165) is 35.2 Å². The van der Waals surface area contributed by atoms with Gasteiger partial charge in [0.15, 0.2) is 11.6 Å². The van der Waals surface area contributed by atoms with Crippen molar-refractivity contribution in [2.75, 3.05) is 10.2 Å². The first-order chi connectivity index (χ1) is 20.4. The predicted molar refractivity (Wildman–Crippen MR) is 166 cm³/mol. The Morgan fingerprint density at radius 2 is 1.60 bits per heavy atom. The molecule has 3 aliphatic heterocycles. The summed E-state index contributed by atoms with van der Waals surface area (Å²) < 4.78 is 0. The van der Waals surface area contributed by atoms with Crippen LogP contribution in [0.15, 0.2) is 103 Å². The summed E-state index contributed by atoms with van der Waals surface area (Å²) in [5.41, 5.74) is 3.79. The number of rotatable bonds is 6. The zero-order valence-electron chi connectivity index (χ0n) is 23.1. The van der Waals surface area contributed by atoms with Crippen LogP contribution in [0.2, 0.25) is 5.02 Å². The summed E-state index contributed by atoms with van der Waals surface area (Å²) in [6, 6.07) is 28.2. The smallest absolute Gasteiger partial charge is 0.238 e. The fourth-order valence-corrected chi connectivity index (χ4v) is 7.41. The molecule has 3 aliphatic rings. The molecule has 208 valence electrons. The molecule has 1 spiro atoms. The first-order valence-corrected chi connectivity index (χ1v) is 14.7. The molecule has 0 aromatic heterocycles. The third-order valence-corrected chi connectivity index (χ3v) is 9.22. The number of carbonyl (C=O) groups excluding carboxylic acids is 3. The molecule has 4 aromatic rings. The molecule has 1 N–H and O–H groups in total. The van der Waals surface area contributed by atoms with E-state index in [9.17, 15) is 14.4 Å². The van der Waals surface area contributed by atoms with Gasteiger partial charge in [-0.1, -0.05) is 110 Å². The normalized spacial score (nSPS) is 23.3. The quantitative estimate of drug-likeness (QED) is 0.249. The Kier molecular flexibility index (Phi) is 6.36. The Morgan fingerprint density at radius 1 is 0.881 bits per heavy atom. The van der Waals surface area contributed by atoms with Crippen LogP contribution >= 0.6 is 11.6 Å². The number of hydrogen-bond donors (Lipinski definition) is 1. The van der Waals surface area contributed by atoms with E-state index in [0.29, 0.717) is 21.8 Å². The second kappa shape index (κ2) is 10.1. The maximum atomic E-state index is 14.9. The Balaban J connectivity index is 1.50. The van der Waals surface area contributed by atoms with E-state index in [2.05, 4.69) is 12.2 Å². The van der Waals surface area contributed by atoms with E-state index in [-0.39, 0.29) is 17.5 Å². The average Bonchev–Trinajstić information content (AvgIpc) is 3.49. The third-order valence-electron chi connectivity index (χ3n) is 8.98. The van der Waals surface area contributed by atoms with Crippen molar-refractivity contribution in [2.45, 2.75) is 37.3 Å². The summed E-state index contributed by atoms with van der Waals surface area (Å²) in [5, 5.41) is 3.64. The molecule has 4 aromatic carbocycles. The average molecular weight is 573 g/mol. The number of amides is 1. The van der Waals surface area contributed by atoms with Crippen LogP contribution in [0.25, 0.3) is 6.08 Å². The highest BCUT2D eigenvalue weighted by Gasteiger charge is 2.70. The van der Waals surface area contributed by atoms with Crippen molar-refractivity contribution in [3.05, 3.63) is 136 Å². The number of Topliss-reactive ketones (excluding diaryl/α,β-unsaturated/α-hetero) is 2. The molecule has 1 saturated heterocycles. The van der Waals surface area contributed by atoms with Gasteiger partial charge in [-0.2, -0.15) is 0 Å².